The number of halogens is 15. The van der Waals surface area contributed by atoms with Gasteiger partial charge < -0.3 is 5.11 Å². The standard InChI is InChI=1S/C11HCl2F13O/c12-7(3(16)1(14)2(15)4(17)8(7,13)21)11(26,27)10(24,25)9(22,23)5(18)6(19)20/h27H. The highest BCUT2D eigenvalue weighted by Crippen LogP contribution is 2.64. The first kappa shape index (κ1) is 23.9. The summed E-state index contributed by atoms with van der Waals surface area (Å²) in [5, 5.41) is 3.42. The highest BCUT2D eigenvalue weighted by atomic mass is 35.5. The first-order chi connectivity index (χ1) is 11.7. The van der Waals surface area contributed by atoms with Crippen LogP contribution in [-0.4, -0.2) is 32.8 Å². The second-order valence-electron chi connectivity index (χ2n) is 4.83. The number of alkyl halides is 8. The van der Waals surface area contributed by atoms with Crippen LogP contribution in [0.2, 0.25) is 0 Å². The van der Waals surface area contributed by atoms with E-state index in [0.29, 0.717) is 0 Å². The molecule has 0 saturated heterocycles. The van der Waals surface area contributed by atoms with E-state index in [4.69, 9.17) is 5.11 Å². The van der Waals surface area contributed by atoms with Gasteiger partial charge in [0.2, 0.25) is 10.7 Å². The average Bonchev–Trinajstić information content (AvgIpc) is 2.55. The Morgan fingerprint density at radius 1 is 0.815 bits per heavy atom. The second-order valence-corrected chi connectivity index (χ2v) is 5.92. The maximum atomic E-state index is 14.2. The maximum absolute atomic E-state index is 14.2. The third-order valence-electron chi connectivity index (χ3n) is 3.30. The predicted octanol–water partition coefficient (Wildman–Crippen LogP) is 6.19. The van der Waals surface area contributed by atoms with Gasteiger partial charge in [-0.25, -0.2) is 26.3 Å². The van der Waals surface area contributed by atoms with E-state index < -0.39 is 62.9 Å². The van der Waals surface area contributed by atoms with Crippen LogP contribution in [0.15, 0.2) is 35.2 Å². The van der Waals surface area contributed by atoms with E-state index in [0.717, 1.165) is 0 Å². The number of rotatable bonds is 4. The summed E-state index contributed by atoms with van der Waals surface area (Å²) in [6.45, 7) is 0. The lowest BCUT2D eigenvalue weighted by Crippen LogP contribution is -2.71. The van der Waals surface area contributed by atoms with Gasteiger partial charge in [0, 0.05) is 0 Å². The smallest absolute Gasteiger partial charge is 0.355 e. The molecular formula is C11HCl2F13O. The van der Waals surface area contributed by atoms with Gasteiger partial charge in [-0.15, -0.1) is 0 Å². The molecular weight excluding hydrogens is 466 g/mol. The lowest BCUT2D eigenvalue weighted by Gasteiger charge is -2.46. The second kappa shape index (κ2) is 6.44. The molecule has 0 saturated carbocycles. The number of aliphatic hydroxyl groups is 1. The molecule has 0 aromatic heterocycles. The molecule has 3 unspecified atom stereocenters. The highest BCUT2D eigenvalue weighted by Gasteiger charge is 2.86. The zero-order valence-electron chi connectivity index (χ0n) is 11.6. The van der Waals surface area contributed by atoms with Crippen molar-refractivity contribution >= 4 is 23.2 Å². The van der Waals surface area contributed by atoms with Gasteiger partial charge in [0.15, 0.2) is 23.3 Å². The van der Waals surface area contributed by atoms with E-state index in [2.05, 4.69) is 23.2 Å². The number of allylic oxidation sites excluding steroid dienone is 4. The van der Waals surface area contributed by atoms with Crippen molar-refractivity contribution in [3.8, 4) is 0 Å². The van der Waals surface area contributed by atoms with Crippen LogP contribution in [0.5, 0.6) is 0 Å². The van der Waals surface area contributed by atoms with Crippen LogP contribution >= 0.6 is 23.2 Å². The van der Waals surface area contributed by atoms with Crippen molar-refractivity contribution in [2.75, 3.05) is 0 Å². The minimum atomic E-state index is -7.35. The first-order valence-corrected chi connectivity index (χ1v) is 6.56. The Hall–Kier alpha value is -1.15. The van der Waals surface area contributed by atoms with Crippen molar-refractivity contribution in [2.45, 2.75) is 27.7 Å². The Balaban J connectivity index is 3.88. The molecule has 0 amide bonds. The van der Waals surface area contributed by atoms with E-state index in [9.17, 15) is 57.1 Å². The zero-order valence-corrected chi connectivity index (χ0v) is 13.1. The van der Waals surface area contributed by atoms with Gasteiger partial charge in [0.1, 0.15) is 0 Å². The van der Waals surface area contributed by atoms with Crippen molar-refractivity contribution in [3.63, 3.8) is 0 Å². The van der Waals surface area contributed by atoms with Crippen molar-refractivity contribution in [2.24, 2.45) is 0 Å². The Morgan fingerprint density at radius 3 is 1.56 bits per heavy atom. The van der Waals surface area contributed by atoms with Gasteiger partial charge in [-0.2, -0.15) is 30.7 Å². The molecule has 1 nitrogen and oxygen atoms in total. The van der Waals surface area contributed by atoms with E-state index in [1.807, 2.05) is 0 Å². The molecule has 16 heteroatoms. The summed E-state index contributed by atoms with van der Waals surface area (Å²) >= 11 is 8.98. The SMILES string of the molecule is OC(F)(C(F)(F)C(F)(F)C(F)=C(F)F)C1(Cl)C(F)=C(F)C(F)=C(F)C1(F)Cl. The Labute approximate surface area is 149 Å². The lowest BCUT2D eigenvalue weighted by atomic mass is 9.81. The van der Waals surface area contributed by atoms with Crippen LogP contribution in [0.1, 0.15) is 0 Å². The lowest BCUT2D eigenvalue weighted by molar-refractivity contribution is -0.342. The molecule has 1 aliphatic carbocycles. The summed E-state index contributed by atoms with van der Waals surface area (Å²) in [5.74, 6) is -39.5. The Kier molecular flexibility index (Phi) is 5.70. The molecule has 0 aliphatic heterocycles. The summed E-state index contributed by atoms with van der Waals surface area (Å²) in [4.78, 5) is -5.77. The molecule has 0 fully saturated rings. The van der Waals surface area contributed by atoms with Crippen molar-refractivity contribution in [1.82, 2.24) is 0 Å². The monoisotopic (exact) mass is 466 g/mol. The third kappa shape index (κ3) is 2.74. The van der Waals surface area contributed by atoms with Crippen LogP contribution in [0.25, 0.3) is 0 Å². The molecule has 1 rings (SSSR count). The molecule has 3 atom stereocenters. The highest BCUT2D eigenvalue weighted by molar-refractivity contribution is 6.37. The molecule has 0 aromatic rings. The van der Waals surface area contributed by atoms with Crippen LogP contribution in [0.3, 0.4) is 0 Å². The fourth-order valence-electron chi connectivity index (χ4n) is 1.81. The molecule has 156 valence electrons. The fraction of sp³-hybridized carbons (Fsp3) is 0.455. The van der Waals surface area contributed by atoms with Gasteiger partial charge in [-0.3, -0.25) is 0 Å². The van der Waals surface area contributed by atoms with Gasteiger partial charge in [-0.05, 0) is 0 Å². The molecule has 0 radical (unpaired) electrons. The van der Waals surface area contributed by atoms with Crippen LogP contribution < -0.4 is 0 Å². The topological polar surface area (TPSA) is 20.2 Å². The summed E-state index contributed by atoms with van der Waals surface area (Å²) in [7, 11) is 0. The summed E-state index contributed by atoms with van der Waals surface area (Å²) in [5.41, 5.74) is 0. The zero-order chi connectivity index (χ0) is 22.0. The normalized spacial score (nSPS) is 29.8. The van der Waals surface area contributed by atoms with Crippen LogP contribution in [0, 0.1) is 0 Å². The molecule has 0 heterocycles. The van der Waals surface area contributed by atoms with E-state index >= 15 is 0 Å². The van der Waals surface area contributed by atoms with Crippen molar-refractivity contribution in [1.29, 1.82) is 0 Å². The molecule has 0 aromatic carbocycles. The molecule has 1 N–H and O–H groups in total. The minimum Gasteiger partial charge on any atom is -0.355 e. The third-order valence-corrected chi connectivity index (χ3v) is 4.52. The van der Waals surface area contributed by atoms with Gasteiger partial charge in [0.25, 0.3) is 5.13 Å². The maximum Gasteiger partial charge on any atom is 0.376 e. The Bertz CT molecular complexity index is 749. The minimum absolute atomic E-state index is 3.21. The van der Waals surface area contributed by atoms with Gasteiger partial charge >= 0.3 is 23.8 Å². The molecule has 27 heavy (non-hydrogen) atoms. The summed E-state index contributed by atoms with van der Waals surface area (Å²) < 4.78 is 172. The van der Waals surface area contributed by atoms with E-state index in [-0.39, 0.29) is 0 Å². The quantitative estimate of drug-likeness (QED) is 0.387. The first-order valence-electron chi connectivity index (χ1n) is 5.81. The van der Waals surface area contributed by atoms with Crippen LogP contribution in [-0.2, 0) is 0 Å². The van der Waals surface area contributed by atoms with Crippen LogP contribution in [0.4, 0.5) is 57.1 Å². The molecule has 0 bridgehead atoms. The summed E-state index contributed by atoms with van der Waals surface area (Å²) in [6.07, 6.45) is -4.19. The summed E-state index contributed by atoms with van der Waals surface area (Å²) in [6, 6.07) is 0. The van der Waals surface area contributed by atoms with Crippen molar-refractivity contribution < 1.29 is 62.2 Å². The van der Waals surface area contributed by atoms with Crippen molar-refractivity contribution in [3.05, 3.63) is 35.2 Å². The van der Waals surface area contributed by atoms with E-state index in [1.54, 1.807) is 0 Å². The Morgan fingerprint density at radius 2 is 1.19 bits per heavy atom. The van der Waals surface area contributed by atoms with Gasteiger partial charge in [-0.1, -0.05) is 23.2 Å². The largest absolute Gasteiger partial charge is 0.376 e. The molecule has 1 aliphatic rings. The molecule has 0 spiro atoms. The number of hydrogen-bond acceptors (Lipinski definition) is 1. The van der Waals surface area contributed by atoms with Gasteiger partial charge in [0.05, 0.1) is 0 Å². The predicted molar refractivity (Wildman–Crippen MR) is 63.1 cm³/mol. The average molecular weight is 467 g/mol. The number of hydrogen-bond donors (Lipinski definition) is 1. The fourth-order valence-corrected chi connectivity index (χ4v) is 2.38. The van der Waals surface area contributed by atoms with E-state index in [1.165, 1.54) is 0 Å².